The first-order chi connectivity index (χ1) is 11.9. The number of nitrogens with two attached hydrogens (primary N) is 1. The van der Waals surface area contributed by atoms with Crippen LogP contribution in [0.15, 0.2) is 36.5 Å². The van der Waals surface area contributed by atoms with Crippen LogP contribution in [0.25, 0.3) is 16.7 Å². The van der Waals surface area contributed by atoms with E-state index in [9.17, 15) is 14.0 Å². The maximum absolute atomic E-state index is 13.1. The van der Waals surface area contributed by atoms with Gasteiger partial charge in [0.2, 0.25) is 5.91 Å². The van der Waals surface area contributed by atoms with Gasteiger partial charge in [0.1, 0.15) is 5.82 Å². The molecule has 2 amide bonds. The number of fused-ring (bicyclic) bond motifs is 1. The highest BCUT2D eigenvalue weighted by Crippen LogP contribution is 2.21. The average Bonchev–Trinajstić information content (AvgIpc) is 2.90. The standard InChI is InChI=1S/C17H16FN5O2/c1-10-14-7-11(17(25)22(2)9-15(19)24)8-20-16(14)23(21-10)13-5-3-12(18)4-6-13/h3-8H,9H2,1-2H3,(H2,19,24). The van der Waals surface area contributed by atoms with Gasteiger partial charge in [-0.2, -0.15) is 5.10 Å². The summed E-state index contributed by atoms with van der Waals surface area (Å²) in [6, 6.07) is 7.55. The lowest BCUT2D eigenvalue weighted by Crippen LogP contribution is -2.35. The molecule has 2 heterocycles. The van der Waals surface area contributed by atoms with E-state index in [-0.39, 0.29) is 18.3 Å². The topological polar surface area (TPSA) is 94.1 Å². The predicted molar refractivity (Wildman–Crippen MR) is 89.7 cm³/mol. The van der Waals surface area contributed by atoms with Crippen LogP contribution in [0.3, 0.4) is 0 Å². The molecule has 0 atom stereocenters. The van der Waals surface area contributed by atoms with Crippen LogP contribution in [0.4, 0.5) is 4.39 Å². The van der Waals surface area contributed by atoms with Crippen LogP contribution in [-0.2, 0) is 4.79 Å². The first-order valence-corrected chi connectivity index (χ1v) is 7.52. The smallest absolute Gasteiger partial charge is 0.255 e. The molecule has 1 aromatic carbocycles. The van der Waals surface area contributed by atoms with E-state index >= 15 is 0 Å². The van der Waals surface area contributed by atoms with Crippen LogP contribution in [0, 0.1) is 12.7 Å². The molecule has 0 bridgehead atoms. The Balaban J connectivity index is 2.02. The Morgan fingerprint density at radius 1 is 1.28 bits per heavy atom. The fraction of sp³-hybridized carbons (Fsp3) is 0.176. The number of carbonyl (C=O) groups is 2. The van der Waals surface area contributed by atoms with E-state index in [4.69, 9.17) is 5.73 Å². The summed E-state index contributed by atoms with van der Waals surface area (Å²) >= 11 is 0. The van der Waals surface area contributed by atoms with E-state index in [1.807, 2.05) is 0 Å². The number of aryl methyl sites for hydroxylation is 1. The SMILES string of the molecule is Cc1nn(-c2ccc(F)cc2)c2ncc(C(=O)N(C)CC(N)=O)cc12. The first kappa shape index (κ1) is 16.6. The molecule has 0 aliphatic rings. The second-order valence-corrected chi connectivity index (χ2v) is 5.70. The molecular formula is C17H16FN5O2. The molecule has 0 unspecified atom stereocenters. The van der Waals surface area contributed by atoms with Crippen molar-refractivity contribution >= 4 is 22.8 Å². The van der Waals surface area contributed by atoms with Crippen molar-refractivity contribution in [3.8, 4) is 5.69 Å². The molecule has 0 radical (unpaired) electrons. The van der Waals surface area contributed by atoms with E-state index in [0.29, 0.717) is 28.0 Å². The van der Waals surface area contributed by atoms with Gasteiger partial charge in [0, 0.05) is 18.6 Å². The number of halogens is 1. The largest absolute Gasteiger partial charge is 0.368 e. The highest BCUT2D eigenvalue weighted by atomic mass is 19.1. The maximum atomic E-state index is 13.1. The summed E-state index contributed by atoms with van der Waals surface area (Å²) < 4.78 is 14.7. The Labute approximate surface area is 142 Å². The number of benzene rings is 1. The Hall–Kier alpha value is -3.29. The van der Waals surface area contributed by atoms with Gasteiger partial charge >= 0.3 is 0 Å². The Morgan fingerprint density at radius 3 is 2.60 bits per heavy atom. The van der Waals surface area contributed by atoms with Crippen molar-refractivity contribution in [1.29, 1.82) is 0 Å². The van der Waals surface area contributed by atoms with E-state index in [1.54, 1.807) is 29.8 Å². The highest BCUT2D eigenvalue weighted by molar-refractivity contribution is 5.98. The molecule has 3 aromatic rings. The predicted octanol–water partition coefficient (Wildman–Crippen LogP) is 1.43. The van der Waals surface area contributed by atoms with Crippen molar-refractivity contribution in [3.63, 3.8) is 0 Å². The molecule has 128 valence electrons. The van der Waals surface area contributed by atoms with Gasteiger partial charge in [-0.1, -0.05) is 0 Å². The van der Waals surface area contributed by atoms with Gasteiger partial charge < -0.3 is 10.6 Å². The number of aromatic nitrogens is 3. The fourth-order valence-corrected chi connectivity index (χ4v) is 2.55. The molecule has 7 nitrogen and oxygen atoms in total. The minimum Gasteiger partial charge on any atom is -0.368 e. The zero-order chi connectivity index (χ0) is 18.1. The lowest BCUT2D eigenvalue weighted by atomic mass is 10.2. The van der Waals surface area contributed by atoms with Crippen molar-refractivity contribution in [2.75, 3.05) is 13.6 Å². The number of amides is 2. The lowest BCUT2D eigenvalue weighted by molar-refractivity contribution is -0.118. The summed E-state index contributed by atoms with van der Waals surface area (Å²) in [6.45, 7) is 1.62. The molecule has 3 rings (SSSR count). The van der Waals surface area contributed by atoms with E-state index in [0.717, 1.165) is 0 Å². The molecule has 0 aliphatic heterocycles. The Bertz CT molecular complexity index is 965. The van der Waals surface area contributed by atoms with Crippen LogP contribution in [0.1, 0.15) is 16.1 Å². The second-order valence-electron chi connectivity index (χ2n) is 5.70. The molecule has 0 aliphatic carbocycles. The van der Waals surface area contributed by atoms with Gasteiger partial charge in [-0.3, -0.25) is 9.59 Å². The number of hydrogen-bond acceptors (Lipinski definition) is 4. The van der Waals surface area contributed by atoms with Crippen molar-refractivity contribution in [2.24, 2.45) is 5.73 Å². The van der Waals surface area contributed by atoms with Crippen LogP contribution in [0.5, 0.6) is 0 Å². The van der Waals surface area contributed by atoms with Crippen molar-refractivity contribution in [2.45, 2.75) is 6.92 Å². The summed E-state index contributed by atoms with van der Waals surface area (Å²) in [6.07, 6.45) is 1.42. The average molecular weight is 341 g/mol. The quantitative estimate of drug-likeness (QED) is 0.776. The molecule has 25 heavy (non-hydrogen) atoms. The molecular weight excluding hydrogens is 325 g/mol. The summed E-state index contributed by atoms with van der Waals surface area (Å²) in [5.74, 6) is -1.29. The number of likely N-dealkylation sites (N-methyl/N-ethyl adjacent to an activating group) is 1. The second kappa shape index (κ2) is 6.31. The minimum absolute atomic E-state index is 0.176. The van der Waals surface area contributed by atoms with Crippen LogP contribution in [-0.4, -0.2) is 45.1 Å². The molecule has 0 spiro atoms. The summed E-state index contributed by atoms with van der Waals surface area (Å²) in [5, 5.41) is 5.11. The molecule has 0 fully saturated rings. The van der Waals surface area contributed by atoms with Gasteiger partial charge in [-0.05, 0) is 37.3 Å². The van der Waals surface area contributed by atoms with E-state index in [1.165, 1.54) is 30.3 Å². The molecule has 8 heteroatoms. The molecule has 0 saturated carbocycles. The zero-order valence-corrected chi connectivity index (χ0v) is 13.7. The summed E-state index contributed by atoms with van der Waals surface area (Å²) in [7, 11) is 1.49. The monoisotopic (exact) mass is 341 g/mol. The summed E-state index contributed by atoms with van der Waals surface area (Å²) in [4.78, 5) is 28.9. The molecule has 2 N–H and O–H groups in total. The van der Waals surface area contributed by atoms with Crippen LogP contribution < -0.4 is 5.73 Å². The van der Waals surface area contributed by atoms with E-state index < -0.39 is 5.91 Å². The Kier molecular flexibility index (Phi) is 4.18. The van der Waals surface area contributed by atoms with Gasteiger partial charge in [0.05, 0.1) is 23.5 Å². The van der Waals surface area contributed by atoms with Crippen molar-refractivity contribution in [3.05, 3.63) is 53.6 Å². The van der Waals surface area contributed by atoms with Crippen LogP contribution in [0.2, 0.25) is 0 Å². The lowest BCUT2D eigenvalue weighted by Gasteiger charge is -2.14. The number of pyridine rings is 1. The maximum Gasteiger partial charge on any atom is 0.255 e. The van der Waals surface area contributed by atoms with Gasteiger partial charge in [0.15, 0.2) is 5.65 Å². The number of rotatable bonds is 4. The van der Waals surface area contributed by atoms with Gasteiger partial charge in [-0.25, -0.2) is 14.1 Å². The van der Waals surface area contributed by atoms with Crippen LogP contribution >= 0.6 is 0 Å². The van der Waals surface area contributed by atoms with Gasteiger partial charge in [0.25, 0.3) is 5.91 Å². The third kappa shape index (κ3) is 3.18. The van der Waals surface area contributed by atoms with Crippen molar-refractivity contribution in [1.82, 2.24) is 19.7 Å². The third-order valence-corrected chi connectivity index (χ3v) is 3.76. The fourth-order valence-electron chi connectivity index (χ4n) is 2.55. The third-order valence-electron chi connectivity index (χ3n) is 3.76. The highest BCUT2D eigenvalue weighted by Gasteiger charge is 2.17. The first-order valence-electron chi connectivity index (χ1n) is 7.52. The Morgan fingerprint density at radius 2 is 1.96 bits per heavy atom. The molecule has 2 aromatic heterocycles. The number of primary amides is 1. The number of carbonyl (C=O) groups excluding carboxylic acids is 2. The van der Waals surface area contributed by atoms with E-state index in [2.05, 4.69) is 10.1 Å². The minimum atomic E-state index is -0.592. The molecule has 0 saturated heterocycles. The van der Waals surface area contributed by atoms with Crippen molar-refractivity contribution < 1.29 is 14.0 Å². The number of nitrogens with zero attached hydrogens (tertiary/aromatic N) is 4. The van der Waals surface area contributed by atoms with Gasteiger partial charge in [-0.15, -0.1) is 0 Å². The zero-order valence-electron chi connectivity index (χ0n) is 13.7. The summed E-state index contributed by atoms with van der Waals surface area (Å²) in [5.41, 5.74) is 7.34. The number of hydrogen-bond donors (Lipinski definition) is 1. The normalized spacial score (nSPS) is 10.8.